The molecule has 0 saturated heterocycles. The lowest BCUT2D eigenvalue weighted by Crippen LogP contribution is -2.01. The van der Waals surface area contributed by atoms with Crippen LogP contribution in [0.15, 0.2) is 64.9 Å². The molecular formula is C17H14F2N4OS2. The number of nitrogens with zero attached hydrogens (tertiary/aromatic N) is 3. The summed E-state index contributed by atoms with van der Waals surface area (Å²) in [7, 11) is 0. The Morgan fingerprint density at radius 1 is 1.19 bits per heavy atom. The van der Waals surface area contributed by atoms with E-state index in [-0.39, 0.29) is 5.75 Å². The predicted molar refractivity (Wildman–Crippen MR) is 99.5 cm³/mol. The largest absolute Gasteiger partial charge is 0.435 e. The molecule has 0 fully saturated rings. The number of hydrogen-bond acceptors (Lipinski definition) is 5. The number of rotatable bonds is 7. The number of hydrogen-bond donors (Lipinski definition) is 1. The average molecular weight is 392 g/mol. The Balaban J connectivity index is 1.70. The molecule has 3 aromatic rings. The number of aromatic nitrogens is 3. The molecule has 9 heteroatoms. The van der Waals surface area contributed by atoms with Crippen LogP contribution in [0.25, 0.3) is 0 Å². The molecule has 26 heavy (non-hydrogen) atoms. The Labute approximate surface area is 157 Å². The van der Waals surface area contributed by atoms with Crippen molar-refractivity contribution in [2.45, 2.75) is 17.5 Å². The van der Waals surface area contributed by atoms with Crippen LogP contribution in [0.1, 0.15) is 11.1 Å². The number of thioether (sulfide) groups is 1. The van der Waals surface area contributed by atoms with Crippen molar-refractivity contribution in [2.75, 3.05) is 0 Å². The standard InChI is InChI=1S/C17H14F2N4OS2/c18-15(19)24-14-8-6-12(7-9-14)10-20-23-16(25)21-22-17(23)26-11-13-4-2-1-3-5-13/h1-10,15H,11H2,(H,21,25)/b20-10-. The Hall–Kier alpha value is -2.52. The van der Waals surface area contributed by atoms with Crippen LogP contribution in [0.2, 0.25) is 0 Å². The van der Waals surface area contributed by atoms with Gasteiger partial charge in [-0.25, -0.2) is 5.10 Å². The van der Waals surface area contributed by atoms with Crippen LogP contribution in [0.3, 0.4) is 0 Å². The van der Waals surface area contributed by atoms with E-state index in [1.54, 1.807) is 18.3 Å². The van der Waals surface area contributed by atoms with Gasteiger partial charge in [0.05, 0.1) is 6.21 Å². The Morgan fingerprint density at radius 2 is 1.92 bits per heavy atom. The topological polar surface area (TPSA) is 55.2 Å². The Bertz CT molecular complexity index is 924. The fourth-order valence-corrected chi connectivity index (χ4v) is 3.15. The summed E-state index contributed by atoms with van der Waals surface area (Å²) in [6.07, 6.45) is 1.57. The summed E-state index contributed by atoms with van der Waals surface area (Å²) in [4.78, 5) is 0. The third-order valence-corrected chi connectivity index (χ3v) is 4.52. The van der Waals surface area contributed by atoms with Gasteiger partial charge in [-0.2, -0.15) is 18.6 Å². The predicted octanol–water partition coefficient (Wildman–Crippen LogP) is 4.72. The zero-order valence-electron chi connectivity index (χ0n) is 13.4. The van der Waals surface area contributed by atoms with Crippen LogP contribution in [-0.4, -0.2) is 27.7 Å². The molecular weight excluding hydrogens is 378 g/mol. The van der Waals surface area contributed by atoms with Gasteiger partial charge >= 0.3 is 6.61 Å². The smallest absolute Gasteiger partial charge is 0.387 e. The van der Waals surface area contributed by atoms with E-state index in [1.807, 2.05) is 30.3 Å². The maximum Gasteiger partial charge on any atom is 0.387 e. The summed E-state index contributed by atoms with van der Waals surface area (Å²) in [5.41, 5.74) is 1.88. The van der Waals surface area contributed by atoms with E-state index < -0.39 is 6.61 Å². The fourth-order valence-electron chi connectivity index (χ4n) is 2.05. The maximum absolute atomic E-state index is 12.2. The van der Waals surface area contributed by atoms with Gasteiger partial charge in [0.1, 0.15) is 5.75 Å². The Kier molecular flexibility index (Phi) is 6.13. The molecule has 0 bridgehead atoms. The molecule has 0 saturated carbocycles. The lowest BCUT2D eigenvalue weighted by Gasteiger charge is -2.04. The van der Waals surface area contributed by atoms with E-state index in [0.717, 1.165) is 11.3 Å². The summed E-state index contributed by atoms with van der Waals surface area (Å²) >= 11 is 6.70. The first-order valence-electron chi connectivity index (χ1n) is 7.55. The number of alkyl halides is 2. The van der Waals surface area contributed by atoms with Crippen molar-refractivity contribution in [1.82, 2.24) is 14.9 Å². The molecule has 0 radical (unpaired) electrons. The van der Waals surface area contributed by atoms with Gasteiger partial charge in [-0.3, -0.25) is 0 Å². The van der Waals surface area contributed by atoms with Crippen LogP contribution in [0.5, 0.6) is 5.75 Å². The number of aromatic amines is 1. The van der Waals surface area contributed by atoms with Crippen molar-refractivity contribution in [1.29, 1.82) is 0 Å². The van der Waals surface area contributed by atoms with E-state index in [1.165, 1.54) is 28.6 Å². The molecule has 0 aliphatic carbocycles. The summed E-state index contributed by atoms with van der Waals surface area (Å²) in [5, 5.41) is 11.9. The van der Waals surface area contributed by atoms with Gasteiger partial charge in [0.2, 0.25) is 9.93 Å². The second-order valence-corrected chi connectivity index (χ2v) is 6.42. The molecule has 134 valence electrons. The molecule has 2 aromatic carbocycles. The average Bonchev–Trinajstić information content (AvgIpc) is 2.99. The molecule has 0 atom stereocenters. The van der Waals surface area contributed by atoms with E-state index in [4.69, 9.17) is 12.2 Å². The van der Waals surface area contributed by atoms with Crippen molar-refractivity contribution < 1.29 is 13.5 Å². The van der Waals surface area contributed by atoms with Gasteiger partial charge in [-0.15, -0.1) is 5.10 Å². The summed E-state index contributed by atoms with van der Waals surface area (Å²) in [6, 6.07) is 16.1. The van der Waals surface area contributed by atoms with Crippen molar-refractivity contribution in [3.8, 4) is 5.75 Å². The molecule has 0 spiro atoms. The van der Waals surface area contributed by atoms with Crippen LogP contribution in [0.4, 0.5) is 8.78 Å². The zero-order valence-corrected chi connectivity index (χ0v) is 15.0. The van der Waals surface area contributed by atoms with Gasteiger partial charge in [0.15, 0.2) is 0 Å². The summed E-state index contributed by atoms with van der Waals surface area (Å²) in [6.45, 7) is -2.84. The number of ether oxygens (including phenoxy) is 1. The van der Waals surface area contributed by atoms with E-state index in [2.05, 4.69) is 20.0 Å². The molecule has 1 aromatic heterocycles. The monoisotopic (exact) mass is 392 g/mol. The molecule has 0 aliphatic rings. The SMILES string of the molecule is FC(F)Oc1ccc(/C=N\n2c(SCc3ccccc3)n[nH]c2=S)cc1. The molecule has 0 amide bonds. The van der Waals surface area contributed by atoms with Crippen molar-refractivity contribution >= 4 is 30.2 Å². The van der Waals surface area contributed by atoms with Crippen molar-refractivity contribution in [3.05, 3.63) is 70.5 Å². The number of benzene rings is 2. The highest BCUT2D eigenvalue weighted by atomic mass is 32.2. The van der Waals surface area contributed by atoms with E-state index >= 15 is 0 Å². The first-order valence-corrected chi connectivity index (χ1v) is 8.94. The van der Waals surface area contributed by atoms with Gasteiger partial charge < -0.3 is 4.74 Å². The van der Waals surface area contributed by atoms with Crippen molar-refractivity contribution in [2.24, 2.45) is 5.10 Å². The highest BCUT2D eigenvalue weighted by Crippen LogP contribution is 2.21. The minimum atomic E-state index is -2.84. The second kappa shape index (κ2) is 8.72. The third kappa shape index (κ3) is 4.99. The van der Waals surface area contributed by atoms with Gasteiger partial charge in [-0.05, 0) is 47.6 Å². The van der Waals surface area contributed by atoms with Crippen molar-refractivity contribution in [3.63, 3.8) is 0 Å². The normalized spacial score (nSPS) is 11.3. The molecule has 0 aliphatic heterocycles. The fraction of sp³-hybridized carbons (Fsp3) is 0.118. The first kappa shape index (κ1) is 18.3. The zero-order chi connectivity index (χ0) is 18.4. The Morgan fingerprint density at radius 3 is 2.62 bits per heavy atom. The quantitative estimate of drug-likeness (QED) is 0.359. The number of H-pyrrole nitrogens is 1. The molecule has 1 N–H and O–H groups in total. The van der Waals surface area contributed by atoms with Crippen LogP contribution < -0.4 is 4.74 Å². The lowest BCUT2D eigenvalue weighted by molar-refractivity contribution is -0.0498. The van der Waals surface area contributed by atoms with Gasteiger partial charge in [0.25, 0.3) is 0 Å². The lowest BCUT2D eigenvalue weighted by atomic mass is 10.2. The number of nitrogens with one attached hydrogen (secondary N) is 1. The molecule has 0 unspecified atom stereocenters. The minimum Gasteiger partial charge on any atom is -0.435 e. The van der Waals surface area contributed by atoms with Gasteiger partial charge in [-0.1, -0.05) is 42.1 Å². The van der Waals surface area contributed by atoms with Crippen LogP contribution >= 0.6 is 24.0 Å². The van der Waals surface area contributed by atoms with Crippen LogP contribution in [0, 0.1) is 4.77 Å². The van der Waals surface area contributed by atoms with Crippen LogP contribution in [-0.2, 0) is 5.75 Å². The first-order chi connectivity index (χ1) is 12.6. The summed E-state index contributed by atoms with van der Waals surface area (Å²) in [5.74, 6) is 0.825. The van der Waals surface area contributed by atoms with Gasteiger partial charge in [0, 0.05) is 5.75 Å². The number of halogens is 2. The maximum atomic E-state index is 12.2. The molecule has 5 nitrogen and oxygen atoms in total. The molecule has 1 heterocycles. The second-order valence-electron chi connectivity index (χ2n) is 5.09. The van der Waals surface area contributed by atoms with E-state index in [0.29, 0.717) is 15.5 Å². The van der Waals surface area contributed by atoms with E-state index in [9.17, 15) is 8.78 Å². The third-order valence-electron chi connectivity index (χ3n) is 3.26. The highest BCUT2D eigenvalue weighted by molar-refractivity contribution is 7.98. The highest BCUT2D eigenvalue weighted by Gasteiger charge is 2.06. The molecule has 3 rings (SSSR count). The minimum absolute atomic E-state index is 0.0937. The summed E-state index contributed by atoms with van der Waals surface area (Å²) < 4.78 is 30.5.